The molecule has 0 aliphatic heterocycles. The van der Waals surface area contributed by atoms with Gasteiger partial charge in [0.2, 0.25) is 11.6 Å². The van der Waals surface area contributed by atoms with Gasteiger partial charge in [0.25, 0.3) is 0 Å². The van der Waals surface area contributed by atoms with Gasteiger partial charge in [-0.2, -0.15) is 0 Å². The lowest BCUT2D eigenvalue weighted by Gasteiger charge is -2.09. The summed E-state index contributed by atoms with van der Waals surface area (Å²) in [5.41, 5.74) is 2.10. The average Bonchev–Trinajstić information content (AvgIpc) is 3.52. The zero-order valence-corrected chi connectivity index (χ0v) is 24.1. The normalized spacial score (nSPS) is 14.4. The molecule has 0 unspecified atom stereocenters. The molecule has 38 heavy (non-hydrogen) atoms. The van der Waals surface area contributed by atoms with Gasteiger partial charge in [0.15, 0.2) is 10.0 Å². The molecule has 9 nitrogen and oxygen atoms in total. The number of fused-ring (bicyclic) bond motifs is 2. The number of rotatable bonds is 9. The van der Waals surface area contributed by atoms with Crippen molar-refractivity contribution in [3.63, 3.8) is 0 Å². The molecule has 0 saturated carbocycles. The number of nitrogens with zero attached hydrogens (tertiary/aromatic N) is 3. The fraction of sp³-hybridized carbons (Fsp3) is 0.556. The van der Waals surface area contributed by atoms with E-state index in [4.69, 9.17) is 9.47 Å². The standard InChI is InChI=1S/C15H20N2O3S.C12H15NO3S/c1-4-20-15(19)10(9-17(2)3)13(18)14-16-11-7-5-6-8-12(11)21-14;1-2-16-11(15)7-9(14)12-13-8-5-3-4-6-10(8)17-12/h9H,4-8H2,1-3H3;2-7H2,1H3/b10-9-;. The third-order valence-corrected chi connectivity index (χ3v) is 8.22. The molecule has 0 saturated heterocycles. The quantitative estimate of drug-likeness (QED) is 0.145. The van der Waals surface area contributed by atoms with Gasteiger partial charge in [-0.05, 0) is 65.2 Å². The van der Waals surface area contributed by atoms with E-state index in [9.17, 15) is 19.2 Å². The summed E-state index contributed by atoms with van der Waals surface area (Å²) in [6, 6.07) is 0. The summed E-state index contributed by atoms with van der Waals surface area (Å²) in [6.45, 7) is 3.99. The first-order valence-electron chi connectivity index (χ1n) is 13.0. The molecule has 0 bridgehead atoms. The summed E-state index contributed by atoms with van der Waals surface area (Å²) in [6.07, 6.45) is 9.74. The fourth-order valence-corrected chi connectivity index (χ4v) is 6.32. The second-order valence-electron chi connectivity index (χ2n) is 9.15. The van der Waals surface area contributed by atoms with Gasteiger partial charge in [-0.1, -0.05) is 0 Å². The van der Waals surface area contributed by atoms with Gasteiger partial charge in [0, 0.05) is 30.0 Å². The molecule has 0 amide bonds. The van der Waals surface area contributed by atoms with Crippen molar-refractivity contribution >= 4 is 46.2 Å². The number of hydrogen-bond acceptors (Lipinski definition) is 11. The Morgan fingerprint density at radius 2 is 1.34 bits per heavy atom. The number of aromatic nitrogens is 2. The lowest BCUT2D eigenvalue weighted by molar-refractivity contribution is -0.142. The van der Waals surface area contributed by atoms with Crippen LogP contribution in [0.15, 0.2) is 11.8 Å². The van der Waals surface area contributed by atoms with Crippen LogP contribution in [0.3, 0.4) is 0 Å². The Hall–Kier alpha value is -2.92. The number of Topliss-reactive ketones (excluding diaryl/α,β-unsaturated/α-hetero) is 2. The topological polar surface area (TPSA) is 116 Å². The molecular weight excluding hydrogens is 526 g/mol. The zero-order chi connectivity index (χ0) is 27.7. The third kappa shape index (κ3) is 8.04. The van der Waals surface area contributed by atoms with Crippen molar-refractivity contribution in [1.82, 2.24) is 14.9 Å². The fourth-order valence-electron chi connectivity index (χ4n) is 4.13. The number of aryl methyl sites for hydroxylation is 4. The van der Waals surface area contributed by atoms with E-state index in [2.05, 4.69) is 9.97 Å². The van der Waals surface area contributed by atoms with Crippen LogP contribution in [0.4, 0.5) is 0 Å². The summed E-state index contributed by atoms with van der Waals surface area (Å²) in [7, 11) is 3.53. The van der Waals surface area contributed by atoms with Crippen LogP contribution in [0.25, 0.3) is 0 Å². The van der Waals surface area contributed by atoms with Crippen molar-refractivity contribution in [3.8, 4) is 0 Å². The maximum Gasteiger partial charge on any atom is 0.343 e. The molecule has 0 fully saturated rings. The van der Waals surface area contributed by atoms with Crippen molar-refractivity contribution < 1.29 is 28.7 Å². The van der Waals surface area contributed by atoms with Gasteiger partial charge in [-0.3, -0.25) is 14.4 Å². The van der Waals surface area contributed by atoms with Gasteiger partial charge in [-0.15, -0.1) is 22.7 Å². The molecule has 0 atom stereocenters. The average molecular weight is 562 g/mol. The minimum atomic E-state index is -0.593. The van der Waals surface area contributed by atoms with Crippen LogP contribution in [-0.2, 0) is 44.7 Å². The minimum Gasteiger partial charge on any atom is -0.466 e. The number of carbonyl (C=O) groups excluding carboxylic acids is 4. The molecule has 0 N–H and O–H groups in total. The molecule has 2 aromatic heterocycles. The Morgan fingerprint density at radius 1 is 0.816 bits per heavy atom. The molecular formula is C27H35N3O6S2. The summed E-state index contributed by atoms with van der Waals surface area (Å²) >= 11 is 2.84. The molecule has 11 heteroatoms. The Bertz CT molecular complexity index is 1150. The number of carbonyl (C=O) groups is 4. The van der Waals surface area contributed by atoms with Gasteiger partial charge >= 0.3 is 11.9 Å². The van der Waals surface area contributed by atoms with Crippen molar-refractivity contribution in [2.45, 2.75) is 71.6 Å². The second-order valence-corrected chi connectivity index (χ2v) is 11.3. The molecule has 2 heterocycles. The SMILES string of the molecule is CCOC(=O)/C(=C\N(C)C)C(=O)c1nc2c(s1)CCCC2.CCOC(=O)CC(=O)c1nc2c(s1)CCCC2. The van der Waals surface area contributed by atoms with Crippen LogP contribution in [-0.4, -0.2) is 65.7 Å². The van der Waals surface area contributed by atoms with E-state index < -0.39 is 11.9 Å². The first-order valence-corrected chi connectivity index (χ1v) is 14.6. The maximum atomic E-state index is 12.6. The first-order chi connectivity index (χ1) is 18.2. The highest BCUT2D eigenvalue weighted by Crippen LogP contribution is 2.29. The lowest BCUT2D eigenvalue weighted by atomic mass is 10.0. The highest BCUT2D eigenvalue weighted by Gasteiger charge is 2.27. The van der Waals surface area contributed by atoms with E-state index >= 15 is 0 Å². The van der Waals surface area contributed by atoms with Crippen LogP contribution < -0.4 is 0 Å². The Kier molecular flexibility index (Phi) is 11.1. The molecule has 2 aromatic rings. The van der Waals surface area contributed by atoms with Crippen molar-refractivity contribution in [2.24, 2.45) is 0 Å². The van der Waals surface area contributed by atoms with Crippen LogP contribution in [0.2, 0.25) is 0 Å². The van der Waals surface area contributed by atoms with Crippen LogP contribution >= 0.6 is 22.7 Å². The number of ketones is 2. The van der Waals surface area contributed by atoms with Gasteiger partial charge in [0.05, 0.1) is 24.6 Å². The minimum absolute atomic E-state index is 0.0351. The predicted octanol–water partition coefficient (Wildman–Crippen LogP) is 4.37. The van der Waals surface area contributed by atoms with Crippen molar-refractivity contribution in [1.29, 1.82) is 0 Å². The van der Waals surface area contributed by atoms with E-state index in [1.807, 2.05) is 0 Å². The van der Waals surface area contributed by atoms with Gasteiger partial charge in [-0.25, -0.2) is 14.8 Å². The van der Waals surface area contributed by atoms with Crippen molar-refractivity contribution in [2.75, 3.05) is 27.3 Å². The number of thiazole rings is 2. The molecule has 206 valence electrons. The largest absolute Gasteiger partial charge is 0.466 e. The van der Waals surface area contributed by atoms with Crippen LogP contribution in [0, 0.1) is 0 Å². The molecule has 0 spiro atoms. The van der Waals surface area contributed by atoms with E-state index in [0.717, 1.165) is 56.3 Å². The van der Waals surface area contributed by atoms with Crippen LogP contribution in [0.5, 0.6) is 0 Å². The molecule has 0 aromatic carbocycles. The van der Waals surface area contributed by atoms with Crippen LogP contribution in [0.1, 0.15) is 86.7 Å². The van der Waals surface area contributed by atoms with Gasteiger partial charge in [0.1, 0.15) is 12.0 Å². The summed E-state index contributed by atoms with van der Waals surface area (Å²) in [4.78, 5) is 60.3. The molecule has 2 aliphatic rings. The maximum absolute atomic E-state index is 12.6. The molecule has 2 aliphatic carbocycles. The van der Waals surface area contributed by atoms with E-state index in [1.165, 1.54) is 45.0 Å². The summed E-state index contributed by atoms with van der Waals surface area (Å²) in [5.74, 6) is -1.63. The van der Waals surface area contributed by atoms with E-state index in [1.54, 1.807) is 32.8 Å². The van der Waals surface area contributed by atoms with E-state index in [0.29, 0.717) is 16.6 Å². The second kappa shape index (κ2) is 14.3. The highest BCUT2D eigenvalue weighted by molar-refractivity contribution is 7.14. The Morgan fingerprint density at radius 3 is 1.87 bits per heavy atom. The Labute approximate surface area is 231 Å². The first kappa shape index (κ1) is 29.6. The van der Waals surface area contributed by atoms with Crippen molar-refractivity contribution in [3.05, 3.63) is 42.9 Å². The number of hydrogen-bond donors (Lipinski definition) is 0. The summed E-state index contributed by atoms with van der Waals surface area (Å²) in [5, 5.41) is 0.855. The predicted molar refractivity (Wildman–Crippen MR) is 146 cm³/mol. The molecule has 0 radical (unpaired) electrons. The summed E-state index contributed by atoms with van der Waals surface area (Å²) < 4.78 is 9.72. The zero-order valence-electron chi connectivity index (χ0n) is 22.5. The van der Waals surface area contributed by atoms with E-state index in [-0.39, 0.29) is 30.2 Å². The van der Waals surface area contributed by atoms with Gasteiger partial charge < -0.3 is 14.4 Å². The highest BCUT2D eigenvalue weighted by atomic mass is 32.1. The molecule has 4 rings (SSSR count). The Balaban J connectivity index is 0.000000215. The number of esters is 2. The monoisotopic (exact) mass is 561 g/mol. The lowest BCUT2D eigenvalue weighted by Crippen LogP contribution is -2.19. The third-order valence-electron chi connectivity index (χ3n) is 5.86. The number of ether oxygens (including phenoxy) is 2. The smallest absolute Gasteiger partial charge is 0.343 e.